The Bertz CT molecular complexity index is 635. The number of amides is 2. The highest BCUT2D eigenvalue weighted by Crippen LogP contribution is 2.47. The van der Waals surface area contributed by atoms with E-state index in [0.29, 0.717) is 0 Å². The minimum Gasteiger partial charge on any atom is -0.444 e. The van der Waals surface area contributed by atoms with Crippen molar-refractivity contribution in [2.24, 2.45) is 5.92 Å². The second-order valence-corrected chi connectivity index (χ2v) is 8.23. The Morgan fingerprint density at radius 1 is 1.16 bits per heavy atom. The third-order valence-corrected chi connectivity index (χ3v) is 3.96. The van der Waals surface area contributed by atoms with Gasteiger partial charge in [-0.2, -0.15) is 0 Å². The van der Waals surface area contributed by atoms with Crippen molar-refractivity contribution >= 4 is 12.0 Å². The van der Waals surface area contributed by atoms with Gasteiger partial charge in [-0.1, -0.05) is 12.1 Å². The summed E-state index contributed by atoms with van der Waals surface area (Å²) < 4.78 is 18.2. The van der Waals surface area contributed by atoms with Crippen molar-refractivity contribution < 1.29 is 18.7 Å². The first-order valence-corrected chi connectivity index (χ1v) is 8.51. The van der Waals surface area contributed by atoms with Crippen LogP contribution in [-0.2, 0) is 9.53 Å². The number of benzene rings is 1. The van der Waals surface area contributed by atoms with Gasteiger partial charge in [0.2, 0.25) is 5.91 Å². The van der Waals surface area contributed by atoms with E-state index in [2.05, 4.69) is 10.6 Å². The molecule has 1 aromatic carbocycles. The van der Waals surface area contributed by atoms with Crippen molar-refractivity contribution in [2.45, 2.75) is 58.1 Å². The molecule has 0 aromatic heterocycles. The Balaban J connectivity index is 1.81. The average Bonchev–Trinajstić information content (AvgIpc) is 3.24. The molecule has 2 amide bonds. The predicted octanol–water partition coefficient (Wildman–Crippen LogP) is 3.35. The number of nitrogens with one attached hydrogen (secondary N) is 2. The van der Waals surface area contributed by atoms with Crippen molar-refractivity contribution in [3.8, 4) is 0 Å². The fourth-order valence-corrected chi connectivity index (χ4v) is 2.64. The smallest absolute Gasteiger partial charge is 0.407 e. The highest BCUT2D eigenvalue weighted by atomic mass is 19.1. The quantitative estimate of drug-likeness (QED) is 0.856. The molecule has 0 bridgehead atoms. The number of hydrogen-bond donors (Lipinski definition) is 2. The molecule has 0 radical (unpaired) electrons. The van der Waals surface area contributed by atoms with E-state index in [1.165, 1.54) is 12.1 Å². The first-order chi connectivity index (χ1) is 11.5. The van der Waals surface area contributed by atoms with Gasteiger partial charge in [0.15, 0.2) is 0 Å². The van der Waals surface area contributed by atoms with Crippen LogP contribution in [0.2, 0.25) is 0 Å². The molecule has 6 heteroatoms. The predicted molar refractivity (Wildman–Crippen MR) is 93.7 cm³/mol. The van der Waals surface area contributed by atoms with Crippen LogP contribution in [0.1, 0.15) is 52.5 Å². The lowest BCUT2D eigenvalue weighted by atomic mass is 10.0. The summed E-state index contributed by atoms with van der Waals surface area (Å²) in [6.45, 7) is 9.34. The van der Waals surface area contributed by atoms with Crippen molar-refractivity contribution in [2.75, 3.05) is 6.54 Å². The molecule has 0 saturated heterocycles. The van der Waals surface area contributed by atoms with Crippen molar-refractivity contribution in [1.29, 1.82) is 0 Å². The minimum atomic E-state index is -0.593. The summed E-state index contributed by atoms with van der Waals surface area (Å²) in [5.74, 6) is -0.299. The normalized spacial score (nSPS) is 19.9. The molecule has 1 aliphatic rings. The zero-order valence-corrected chi connectivity index (χ0v) is 15.5. The molecule has 0 aliphatic heterocycles. The van der Waals surface area contributed by atoms with Gasteiger partial charge in [0, 0.05) is 12.5 Å². The lowest BCUT2D eigenvalue weighted by molar-refractivity contribution is -0.124. The zero-order valence-electron chi connectivity index (χ0n) is 15.5. The molecule has 2 N–H and O–H groups in total. The summed E-state index contributed by atoms with van der Waals surface area (Å²) in [5, 5.41) is 5.64. The summed E-state index contributed by atoms with van der Waals surface area (Å²) in [5.41, 5.74) is -0.177. The van der Waals surface area contributed by atoms with Crippen molar-refractivity contribution in [3.05, 3.63) is 35.6 Å². The lowest BCUT2D eigenvalue weighted by Gasteiger charge is -2.28. The van der Waals surface area contributed by atoms with Gasteiger partial charge in [-0.05, 0) is 64.7 Å². The number of carbonyl (C=O) groups is 2. The molecule has 5 nitrogen and oxygen atoms in total. The summed E-state index contributed by atoms with van der Waals surface area (Å²) >= 11 is 0. The van der Waals surface area contributed by atoms with Crippen LogP contribution >= 0.6 is 0 Å². The third-order valence-electron chi connectivity index (χ3n) is 3.96. The molecular formula is C19H27FN2O3. The molecule has 1 saturated carbocycles. The summed E-state index contributed by atoms with van der Waals surface area (Å²) in [4.78, 5) is 24.1. The van der Waals surface area contributed by atoms with E-state index < -0.39 is 17.2 Å². The second-order valence-electron chi connectivity index (χ2n) is 8.23. The van der Waals surface area contributed by atoms with Crippen LogP contribution in [0.25, 0.3) is 0 Å². The molecule has 2 rings (SSSR count). The standard InChI is InChI=1S/C19H27FN2O3/c1-18(2,3)25-17(24)21-11-19(4,5)22-16(23)15-10-14(15)12-6-8-13(20)9-7-12/h6-9,14-15H,10-11H2,1-5H3,(H,21,24)(H,22,23). The molecular weight excluding hydrogens is 323 g/mol. The number of rotatable bonds is 5. The first kappa shape index (κ1) is 19.2. The van der Waals surface area contributed by atoms with Gasteiger partial charge in [-0.3, -0.25) is 4.79 Å². The molecule has 25 heavy (non-hydrogen) atoms. The number of ether oxygens (including phenoxy) is 1. The average molecular weight is 350 g/mol. The summed E-state index contributed by atoms with van der Waals surface area (Å²) in [6, 6.07) is 6.28. The van der Waals surface area contributed by atoms with Gasteiger partial charge >= 0.3 is 6.09 Å². The van der Waals surface area contributed by atoms with Gasteiger partial charge in [0.05, 0.1) is 5.54 Å². The van der Waals surface area contributed by atoms with E-state index in [0.717, 1.165) is 12.0 Å². The van der Waals surface area contributed by atoms with Crippen LogP contribution in [0.5, 0.6) is 0 Å². The molecule has 1 fully saturated rings. The van der Waals surface area contributed by atoms with Gasteiger partial charge in [-0.15, -0.1) is 0 Å². The van der Waals surface area contributed by atoms with Crippen LogP contribution in [-0.4, -0.2) is 29.7 Å². The Morgan fingerprint density at radius 2 is 1.76 bits per heavy atom. The number of alkyl carbamates (subject to hydrolysis) is 1. The Morgan fingerprint density at radius 3 is 2.32 bits per heavy atom. The second kappa shape index (κ2) is 7.02. The molecule has 138 valence electrons. The monoisotopic (exact) mass is 350 g/mol. The maximum atomic E-state index is 13.0. The van der Waals surface area contributed by atoms with Crippen molar-refractivity contribution in [3.63, 3.8) is 0 Å². The molecule has 2 unspecified atom stereocenters. The van der Waals surface area contributed by atoms with Crippen LogP contribution in [0.15, 0.2) is 24.3 Å². The maximum absolute atomic E-state index is 13.0. The Labute approximate surface area is 148 Å². The maximum Gasteiger partial charge on any atom is 0.407 e. The SMILES string of the molecule is CC(C)(CNC(=O)OC(C)(C)C)NC(=O)C1CC1c1ccc(F)cc1. The highest BCUT2D eigenvalue weighted by molar-refractivity contribution is 5.83. The Kier molecular flexibility index (Phi) is 5.40. The van der Waals surface area contributed by atoms with Crippen LogP contribution in [0.3, 0.4) is 0 Å². The van der Waals surface area contributed by atoms with E-state index in [1.807, 2.05) is 13.8 Å². The van der Waals surface area contributed by atoms with Crippen molar-refractivity contribution in [1.82, 2.24) is 10.6 Å². The largest absolute Gasteiger partial charge is 0.444 e. The van der Waals surface area contributed by atoms with E-state index in [1.54, 1.807) is 32.9 Å². The third kappa shape index (κ3) is 6.03. The Hall–Kier alpha value is -2.11. The fraction of sp³-hybridized carbons (Fsp3) is 0.579. The summed E-state index contributed by atoms with van der Waals surface area (Å²) in [6.07, 6.45) is 0.248. The van der Waals surface area contributed by atoms with Gasteiger partial charge < -0.3 is 15.4 Å². The van der Waals surface area contributed by atoms with Gasteiger partial charge in [0.1, 0.15) is 11.4 Å². The lowest BCUT2D eigenvalue weighted by Crippen LogP contribution is -2.52. The van der Waals surface area contributed by atoms with E-state index in [4.69, 9.17) is 4.74 Å². The van der Waals surface area contributed by atoms with Crippen LogP contribution < -0.4 is 10.6 Å². The number of halogens is 1. The van der Waals surface area contributed by atoms with Gasteiger partial charge in [0.25, 0.3) is 0 Å². The highest BCUT2D eigenvalue weighted by Gasteiger charge is 2.45. The molecule has 0 heterocycles. The summed E-state index contributed by atoms with van der Waals surface area (Å²) in [7, 11) is 0. The van der Waals surface area contributed by atoms with E-state index >= 15 is 0 Å². The first-order valence-electron chi connectivity index (χ1n) is 8.51. The van der Waals surface area contributed by atoms with Crippen LogP contribution in [0.4, 0.5) is 9.18 Å². The topological polar surface area (TPSA) is 67.4 Å². The zero-order chi connectivity index (χ0) is 18.8. The molecule has 1 aromatic rings. The molecule has 2 atom stereocenters. The van der Waals surface area contributed by atoms with Crippen LogP contribution in [0, 0.1) is 11.7 Å². The number of carbonyl (C=O) groups excluding carboxylic acids is 2. The van der Waals surface area contributed by atoms with Gasteiger partial charge in [-0.25, -0.2) is 9.18 Å². The van der Waals surface area contributed by atoms with E-state index in [9.17, 15) is 14.0 Å². The number of hydrogen-bond acceptors (Lipinski definition) is 3. The minimum absolute atomic E-state index is 0.0506. The molecule has 0 spiro atoms. The van der Waals surface area contributed by atoms with E-state index in [-0.39, 0.29) is 30.1 Å². The fourth-order valence-electron chi connectivity index (χ4n) is 2.64. The molecule has 1 aliphatic carbocycles.